The van der Waals surface area contributed by atoms with Crippen LogP contribution in [0.2, 0.25) is 0 Å². The summed E-state index contributed by atoms with van der Waals surface area (Å²) in [6, 6.07) is 21.5. The maximum atomic E-state index is 12.4. The van der Waals surface area contributed by atoms with Crippen molar-refractivity contribution in [1.82, 2.24) is 19.9 Å². The van der Waals surface area contributed by atoms with Crippen molar-refractivity contribution in [3.8, 4) is 11.3 Å². The molecule has 5 rings (SSSR count). The summed E-state index contributed by atoms with van der Waals surface area (Å²) in [5.74, 6) is 0.836. The minimum absolute atomic E-state index is 0.117. The highest BCUT2D eigenvalue weighted by atomic mass is 16.1. The zero-order valence-electron chi connectivity index (χ0n) is 18.2. The third kappa shape index (κ3) is 3.94. The highest BCUT2D eigenvalue weighted by Gasteiger charge is 2.47. The van der Waals surface area contributed by atoms with Crippen LogP contribution in [0.15, 0.2) is 66.7 Å². The number of hydrogen-bond acceptors (Lipinski definition) is 5. The van der Waals surface area contributed by atoms with Crippen LogP contribution in [0.1, 0.15) is 29.3 Å². The number of pyridine rings is 1. The SMILES string of the molecule is Cc1ccc(-c2cccc3nc(Nc4ccc(C(=O)NCC5(N)CC5C)cc4)nn23)cc1. The molecule has 7 heteroatoms. The number of aryl methyl sites for hydroxylation is 1. The zero-order chi connectivity index (χ0) is 22.3. The van der Waals surface area contributed by atoms with Crippen LogP contribution in [0.5, 0.6) is 0 Å². The highest BCUT2D eigenvalue weighted by molar-refractivity contribution is 5.94. The van der Waals surface area contributed by atoms with Crippen molar-refractivity contribution in [2.75, 3.05) is 11.9 Å². The van der Waals surface area contributed by atoms with Gasteiger partial charge in [0.25, 0.3) is 5.91 Å². The van der Waals surface area contributed by atoms with Crippen molar-refractivity contribution in [1.29, 1.82) is 0 Å². The first kappa shape index (κ1) is 20.2. The molecular formula is C25H26N6O. The van der Waals surface area contributed by atoms with Crippen molar-refractivity contribution in [2.45, 2.75) is 25.8 Å². The standard InChI is InChI=1S/C25H26N6O/c1-16-6-8-18(9-7-16)21-4-3-5-22-29-24(30-31(21)22)28-20-12-10-19(11-13-20)23(32)27-15-25(26)14-17(25)2/h3-13,17H,14-15,26H2,1-2H3,(H,27,32)(H,28,30). The van der Waals surface area contributed by atoms with Gasteiger partial charge in [-0.1, -0.05) is 42.8 Å². The van der Waals surface area contributed by atoms with Crippen LogP contribution in [0, 0.1) is 12.8 Å². The van der Waals surface area contributed by atoms with Crippen molar-refractivity contribution >= 4 is 23.2 Å². The van der Waals surface area contributed by atoms with E-state index >= 15 is 0 Å². The van der Waals surface area contributed by atoms with Gasteiger partial charge >= 0.3 is 0 Å². The monoisotopic (exact) mass is 426 g/mol. The van der Waals surface area contributed by atoms with E-state index in [1.807, 2.05) is 34.8 Å². The number of nitrogens with two attached hydrogens (primary N) is 1. The molecule has 4 N–H and O–H groups in total. The molecule has 0 radical (unpaired) electrons. The molecule has 1 saturated carbocycles. The van der Waals surface area contributed by atoms with Crippen molar-refractivity contribution < 1.29 is 4.79 Å². The Morgan fingerprint density at radius 2 is 1.84 bits per heavy atom. The number of hydrogen-bond donors (Lipinski definition) is 3. The van der Waals surface area contributed by atoms with Crippen molar-refractivity contribution in [3.63, 3.8) is 0 Å². The fourth-order valence-electron chi connectivity index (χ4n) is 3.84. The van der Waals surface area contributed by atoms with E-state index in [4.69, 9.17) is 5.73 Å². The van der Waals surface area contributed by atoms with E-state index in [0.717, 1.165) is 29.0 Å². The van der Waals surface area contributed by atoms with E-state index in [0.29, 0.717) is 24.0 Å². The lowest BCUT2D eigenvalue weighted by Gasteiger charge is -2.12. The van der Waals surface area contributed by atoms with Crippen LogP contribution in [0.25, 0.3) is 16.9 Å². The van der Waals surface area contributed by atoms with Crippen LogP contribution in [0.4, 0.5) is 11.6 Å². The molecule has 2 heterocycles. The molecule has 0 aliphatic heterocycles. The largest absolute Gasteiger partial charge is 0.350 e. The molecule has 4 aromatic rings. The van der Waals surface area contributed by atoms with E-state index in [-0.39, 0.29) is 11.4 Å². The molecule has 7 nitrogen and oxygen atoms in total. The molecule has 2 aromatic heterocycles. The maximum Gasteiger partial charge on any atom is 0.251 e. The molecule has 0 saturated heterocycles. The lowest BCUT2D eigenvalue weighted by molar-refractivity contribution is 0.0949. The second-order valence-electron chi connectivity index (χ2n) is 8.71. The number of carbonyl (C=O) groups excluding carboxylic acids is 1. The van der Waals surface area contributed by atoms with E-state index in [1.165, 1.54) is 5.56 Å². The summed E-state index contributed by atoms with van der Waals surface area (Å²) >= 11 is 0. The number of rotatable bonds is 6. The molecular weight excluding hydrogens is 400 g/mol. The van der Waals surface area contributed by atoms with Gasteiger partial charge in [-0.15, -0.1) is 5.10 Å². The first-order valence-electron chi connectivity index (χ1n) is 10.8. The number of aromatic nitrogens is 3. The molecule has 0 bridgehead atoms. The number of fused-ring (bicyclic) bond motifs is 1. The Bertz CT molecular complexity index is 1280. The normalized spacial score (nSPS) is 19.7. The fraction of sp³-hybridized carbons (Fsp3) is 0.240. The second-order valence-corrected chi connectivity index (χ2v) is 8.71. The summed E-state index contributed by atoms with van der Waals surface area (Å²) in [5.41, 5.74) is 11.3. The molecule has 1 amide bonds. The number of amides is 1. The van der Waals surface area contributed by atoms with Gasteiger partial charge in [-0.3, -0.25) is 4.79 Å². The average Bonchev–Trinajstić information content (AvgIpc) is 3.19. The van der Waals surface area contributed by atoms with E-state index in [1.54, 1.807) is 12.1 Å². The van der Waals surface area contributed by atoms with Crippen LogP contribution in [-0.4, -0.2) is 32.6 Å². The number of carbonyl (C=O) groups is 1. The predicted molar refractivity (Wildman–Crippen MR) is 126 cm³/mol. The molecule has 1 aliphatic rings. The van der Waals surface area contributed by atoms with Crippen LogP contribution >= 0.6 is 0 Å². The van der Waals surface area contributed by atoms with Gasteiger partial charge in [0.15, 0.2) is 5.65 Å². The molecule has 32 heavy (non-hydrogen) atoms. The maximum absolute atomic E-state index is 12.4. The first-order chi connectivity index (χ1) is 15.4. The lowest BCUT2D eigenvalue weighted by atomic mass is 10.1. The van der Waals surface area contributed by atoms with Gasteiger partial charge in [0.1, 0.15) is 0 Å². The van der Waals surface area contributed by atoms with Crippen molar-refractivity contribution in [3.05, 3.63) is 77.9 Å². The van der Waals surface area contributed by atoms with Crippen LogP contribution < -0.4 is 16.4 Å². The smallest absolute Gasteiger partial charge is 0.251 e. The van der Waals surface area contributed by atoms with E-state index in [9.17, 15) is 4.79 Å². The molecule has 2 atom stereocenters. The molecule has 2 aromatic carbocycles. The first-order valence-corrected chi connectivity index (χ1v) is 10.8. The molecule has 1 aliphatic carbocycles. The second kappa shape index (κ2) is 7.76. The van der Waals surface area contributed by atoms with Gasteiger partial charge in [0.05, 0.1) is 5.69 Å². The Kier molecular flexibility index (Phi) is 4.90. The molecule has 162 valence electrons. The lowest BCUT2D eigenvalue weighted by Crippen LogP contribution is -2.40. The quantitative estimate of drug-likeness (QED) is 0.434. The van der Waals surface area contributed by atoms with Crippen LogP contribution in [0.3, 0.4) is 0 Å². The highest BCUT2D eigenvalue weighted by Crippen LogP contribution is 2.39. The summed E-state index contributed by atoms with van der Waals surface area (Å²) < 4.78 is 1.83. The van der Waals surface area contributed by atoms with E-state index in [2.05, 4.69) is 58.8 Å². The molecule has 1 fully saturated rings. The number of nitrogens with zero attached hydrogens (tertiary/aromatic N) is 3. The number of benzene rings is 2. The van der Waals surface area contributed by atoms with Gasteiger partial charge in [0.2, 0.25) is 5.95 Å². The third-order valence-corrected chi connectivity index (χ3v) is 6.20. The zero-order valence-corrected chi connectivity index (χ0v) is 18.2. The number of nitrogens with one attached hydrogen (secondary N) is 2. The summed E-state index contributed by atoms with van der Waals surface area (Å²) in [4.78, 5) is 17.0. The number of anilines is 2. The van der Waals surface area contributed by atoms with Crippen molar-refractivity contribution in [2.24, 2.45) is 11.7 Å². The average molecular weight is 427 g/mol. The minimum Gasteiger partial charge on any atom is -0.350 e. The van der Waals surface area contributed by atoms with Gasteiger partial charge in [-0.2, -0.15) is 4.98 Å². The summed E-state index contributed by atoms with van der Waals surface area (Å²) in [5, 5.41) is 10.8. The molecule has 2 unspecified atom stereocenters. The topological polar surface area (TPSA) is 97.3 Å². The summed E-state index contributed by atoms with van der Waals surface area (Å²) in [6.07, 6.45) is 0.952. The summed E-state index contributed by atoms with van der Waals surface area (Å²) in [6.45, 7) is 4.67. The Morgan fingerprint density at radius 3 is 2.53 bits per heavy atom. The minimum atomic E-state index is -0.247. The van der Waals surface area contributed by atoms with Crippen LogP contribution in [-0.2, 0) is 0 Å². The Morgan fingerprint density at radius 1 is 1.12 bits per heavy atom. The predicted octanol–water partition coefficient (Wildman–Crippen LogP) is 3.92. The summed E-state index contributed by atoms with van der Waals surface area (Å²) in [7, 11) is 0. The Hall–Kier alpha value is -3.71. The Labute approximate surface area is 186 Å². The Balaban J connectivity index is 1.31. The van der Waals surface area contributed by atoms with Gasteiger partial charge in [-0.05, 0) is 55.7 Å². The fourth-order valence-corrected chi connectivity index (χ4v) is 3.84. The third-order valence-electron chi connectivity index (χ3n) is 6.20. The van der Waals surface area contributed by atoms with E-state index < -0.39 is 0 Å². The van der Waals surface area contributed by atoms with Gasteiger partial charge < -0.3 is 16.4 Å². The van der Waals surface area contributed by atoms with Gasteiger partial charge in [0, 0.05) is 28.9 Å². The van der Waals surface area contributed by atoms with Gasteiger partial charge in [-0.25, -0.2) is 4.52 Å². The molecule has 0 spiro atoms.